The Morgan fingerprint density at radius 3 is 2.74 bits per heavy atom. The Balaban J connectivity index is 1.98. The molecule has 0 radical (unpaired) electrons. The molecule has 1 unspecified atom stereocenters. The third kappa shape index (κ3) is 2.02. The Morgan fingerprint density at radius 1 is 1.32 bits per heavy atom. The van der Waals surface area contributed by atoms with Crippen LogP contribution in [0.4, 0.5) is 0 Å². The molecule has 1 aliphatic heterocycles. The van der Waals surface area contributed by atoms with Gasteiger partial charge in [-0.1, -0.05) is 18.2 Å². The third-order valence-electron chi connectivity index (χ3n) is 3.94. The molecule has 0 spiro atoms. The highest BCUT2D eigenvalue weighted by Crippen LogP contribution is 2.28. The zero-order valence-corrected chi connectivity index (χ0v) is 11.1. The fourth-order valence-corrected chi connectivity index (χ4v) is 2.96. The van der Waals surface area contributed by atoms with Gasteiger partial charge in [0.2, 0.25) is 5.91 Å². The van der Waals surface area contributed by atoms with Crippen LogP contribution in [0.25, 0.3) is 10.9 Å². The number of H-pyrrole nitrogens is 1. The van der Waals surface area contributed by atoms with Crippen molar-refractivity contribution in [3.05, 3.63) is 35.5 Å². The first-order valence-corrected chi connectivity index (χ1v) is 6.80. The number of nitrogens with one attached hydrogen (secondary N) is 1. The van der Waals surface area contributed by atoms with E-state index in [4.69, 9.17) is 5.73 Å². The number of rotatable bonds is 2. The molecule has 1 saturated heterocycles. The average Bonchev–Trinajstić information content (AvgIpc) is 3.03. The van der Waals surface area contributed by atoms with Gasteiger partial charge in [-0.25, -0.2) is 0 Å². The Kier molecular flexibility index (Phi) is 3.03. The van der Waals surface area contributed by atoms with Crippen LogP contribution in [0, 0.1) is 6.92 Å². The molecule has 3 N–H and O–H groups in total. The highest BCUT2D eigenvalue weighted by molar-refractivity contribution is 5.92. The molecule has 4 nitrogen and oxygen atoms in total. The van der Waals surface area contributed by atoms with Crippen LogP contribution in [0.5, 0.6) is 0 Å². The van der Waals surface area contributed by atoms with Crippen molar-refractivity contribution < 1.29 is 4.79 Å². The molecule has 0 aliphatic carbocycles. The molecule has 100 valence electrons. The Bertz CT molecular complexity index is 611. The smallest absolute Gasteiger partial charge is 0.244 e. The number of carbonyl (C=O) groups is 1. The van der Waals surface area contributed by atoms with Gasteiger partial charge >= 0.3 is 0 Å². The minimum absolute atomic E-state index is 0.0466. The van der Waals surface area contributed by atoms with Crippen LogP contribution in [0.2, 0.25) is 0 Å². The number of nitrogens with two attached hydrogens (primary N) is 1. The average molecular weight is 257 g/mol. The van der Waals surface area contributed by atoms with Crippen molar-refractivity contribution in [2.45, 2.75) is 25.8 Å². The molecule has 3 rings (SSSR count). The standard InChI is InChI=1S/C15H19N3O/c1-10-13(11-6-2-3-7-12(11)17-10)14(16)15(19)18-8-4-5-9-18/h2-3,6-7,14,17H,4-5,8-9,16H2,1H3. The highest BCUT2D eigenvalue weighted by Gasteiger charge is 2.27. The van der Waals surface area contributed by atoms with Gasteiger partial charge in [0.1, 0.15) is 6.04 Å². The lowest BCUT2D eigenvalue weighted by atomic mass is 10.0. The summed E-state index contributed by atoms with van der Waals surface area (Å²) < 4.78 is 0. The number of hydrogen-bond acceptors (Lipinski definition) is 2. The molecule has 2 heterocycles. The molecule has 1 fully saturated rings. The van der Waals surface area contributed by atoms with Crippen LogP contribution in [0.15, 0.2) is 24.3 Å². The summed E-state index contributed by atoms with van der Waals surface area (Å²) in [6, 6.07) is 7.43. The largest absolute Gasteiger partial charge is 0.358 e. The molecule has 1 amide bonds. The minimum Gasteiger partial charge on any atom is -0.358 e. The van der Waals surface area contributed by atoms with Gasteiger partial charge in [0, 0.05) is 35.2 Å². The normalized spacial score (nSPS) is 17.1. The molecule has 2 aromatic rings. The topological polar surface area (TPSA) is 62.1 Å². The zero-order chi connectivity index (χ0) is 13.4. The van der Waals surface area contributed by atoms with E-state index in [1.165, 1.54) is 0 Å². The molecule has 1 aromatic carbocycles. The predicted octanol–water partition coefficient (Wildman–Crippen LogP) is 2.10. The summed E-state index contributed by atoms with van der Waals surface area (Å²) in [5.74, 6) is 0.0466. The molecule has 19 heavy (non-hydrogen) atoms. The number of aryl methyl sites for hydroxylation is 1. The first-order chi connectivity index (χ1) is 9.18. The summed E-state index contributed by atoms with van der Waals surface area (Å²) in [5, 5.41) is 1.06. The molecular formula is C15H19N3O. The van der Waals surface area contributed by atoms with Crippen molar-refractivity contribution in [1.29, 1.82) is 0 Å². The van der Waals surface area contributed by atoms with E-state index < -0.39 is 6.04 Å². The molecule has 0 saturated carbocycles. The maximum Gasteiger partial charge on any atom is 0.244 e. The monoisotopic (exact) mass is 257 g/mol. The Hall–Kier alpha value is -1.81. The predicted molar refractivity (Wildman–Crippen MR) is 75.8 cm³/mol. The number of benzene rings is 1. The lowest BCUT2D eigenvalue weighted by molar-refractivity contribution is -0.131. The van der Waals surface area contributed by atoms with Crippen molar-refractivity contribution in [3.63, 3.8) is 0 Å². The van der Waals surface area contributed by atoms with E-state index in [1.807, 2.05) is 36.1 Å². The van der Waals surface area contributed by atoms with Crippen LogP contribution >= 0.6 is 0 Å². The maximum atomic E-state index is 12.4. The summed E-state index contributed by atoms with van der Waals surface area (Å²) in [7, 11) is 0. The third-order valence-corrected chi connectivity index (χ3v) is 3.94. The zero-order valence-electron chi connectivity index (χ0n) is 11.1. The van der Waals surface area contributed by atoms with E-state index in [-0.39, 0.29) is 5.91 Å². The first-order valence-electron chi connectivity index (χ1n) is 6.80. The van der Waals surface area contributed by atoms with Gasteiger partial charge in [0.05, 0.1) is 0 Å². The van der Waals surface area contributed by atoms with Gasteiger partial charge in [0.15, 0.2) is 0 Å². The summed E-state index contributed by atoms with van der Waals surface area (Å²) in [5.41, 5.74) is 9.18. The van der Waals surface area contributed by atoms with Gasteiger partial charge < -0.3 is 15.6 Å². The summed E-state index contributed by atoms with van der Waals surface area (Å²) in [6.07, 6.45) is 2.18. The van der Waals surface area contributed by atoms with Crippen LogP contribution < -0.4 is 5.73 Å². The van der Waals surface area contributed by atoms with Gasteiger partial charge in [-0.2, -0.15) is 0 Å². The van der Waals surface area contributed by atoms with E-state index in [2.05, 4.69) is 4.98 Å². The first kappa shape index (κ1) is 12.2. The van der Waals surface area contributed by atoms with Gasteiger partial charge in [0.25, 0.3) is 0 Å². The highest BCUT2D eigenvalue weighted by atomic mass is 16.2. The molecule has 1 aliphatic rings. The molecule has 4 heteroatoms. The number of amides is 1. The number of nitrogens with zero attached hydrogens (tertiary/aromatic N) is 1. The Labute approximate surface area is 112 Å². The van der Waals surface area contributed by atoms with Crippen molar-refractivity contribution >= 4 is 16.8 Å². The minimum atomic E-state index is -0.561. The van der Waals surface area contributed by atoms with Crippen LogP contribution in [0.1, 0.15) is 30.1 Å². The molecule has 1 atom stereocenters. The summed E-state index contributed by atoms with van der Waals surface area (Å²) in [4.78, 5) is 17.6. The van der Waals surface area contributed by atoms with Crippen molar-refractivity contribution in [2.75, 3.05) is 13.1 Å². The second kappa shape index (κ2) is 4.70. The van der Waals surface area contributed by atoms with E-state index in [9.17, 15) is 4.79 Å². The fraction of sp³-hybridized carbons (Fsp3) is 0.400. The van der Waals surface area contributed by atoms with Gasteiger partial charge in [-0.3, -0.25) is 4.79 Å². The van der Waals surface area contributed by atoms with Crippen molar-refractivity contribution in [3.8, 4) is 0 Å². The quantitative estimate of drug-likeness (QED) is 0.865. The summed E-state index contributed by atoms with van der Waals surface area (Å²) >= 11 is 0. The van der Waals surface area contributed by atoms with Crippen molar-refractivity contribution in [1.82, 2.24) is 9.88 Å². The fourth-order valence-electron chi connectivity index (χ4n) is 2.96. The molecule has 1 aromatic heterocycles. The van der Waals surface area contributed by atoms with Crippen LogP contribution in [-0.2, 0) is 4.79 Å². The number of hydrogen-bond donors (Lipinski definition) is 2. The Morgan fingerprint density at radius 2 is 2.00 bits per heavy atom. The maximum absolute atomic E-state index is 12.4. The SMILES string of the molecule is Cc1[nH]c2ccccc2c1C(N)C(=O)N1CCCC1. The van der Waals surface area contributed by atoms with E-state index in [0.717, 1.165) is 48.1 Å². The number of para-hydroxylation sites is 1. The van der Waals surface area contributed by atoms with Crippen LogP contribution in [0.3, 0.4) is 0 Å². The lowest BCUT2D eigenvalue weighted by Crippen LogP contribution is -2.36. The second-order valence-corrected chi connectivity index (χ2v) is 5.22. The number of carbonyl (C=O) groups excluding carboxylic acids is 1. The number of likely N-dealkylation sites (tertiary alicyclic amines) is 1. The van der Waals surface area contributed by atoms with Gasteiger partial charge in [-0.15, -0.1) is 0 Å². The van der Waals surface area contributed by atoms with E-state index in [1.54, 1.807) is 0 Å². The summed E-state index contributed by atoms with van der Waals surface area (Å²) in [6.45, 7) is 3.66. The van der Waals surface area contributed by atoms with Crippen LogP contribution in [-0.4, -0.2) is 28.9 Å². The molecular weight excluding hydrogens is 238 g/mol. The van der Waals surface area contributed by atoms with Crippen molar-refractivity contribution in [2.24, 2.45) is 5.73 Å². The lowest BCUT2D eigenvalue weighted by Gasteiger charge is -2.20. The number of aromatic amines is 1. The molecule has 0 bridgehead atoms. The van der Waals surface area contributed by atoms with E-state index >= 15 is 0 Å². The van der Waals surface area contributed by atoms with E-state index in [0.29, 0.717) is 0 Å². The van der Waals surface area contributed by atoms with Gasteiger partial charge in [-0.05, 0) is 25.8 Å². The second-order valence-electron chi connectivity index (χ2n) is 5.22. The number of aromatic nitrogens is 1. The number of fused-ring (bicyclic) bond motifs is 1.